The average molecular weight is 293 g/mol. The lowest BCUT2D eigenvalue weighted by atomic mass is 10.0. The molecule has 108 valence electrons. The van der Waals surface area contributed by atoms with Crippen LogP contribution in [0.25, 0.3) is 0 Å². The molecule has 0 saturated heterocycles. The standard InChI is InChI=1S/C15H19NO3S/c1-19-10-8-15(6-7-15)11-16-14(18)13-5-4-12(20-13)3-2-9-17/h4-5,17H,6-11H2,1H3,(H,16,18). The number of ether oxygens (including phenoxy) is 1. The molecule has 0 aromatic carbocycles. The lowest BCUT2D eigenvalue weighted by Crippen LogP contribution is -2.30. The third kappa shape index (κ3) is 4.07. The summed E-state index contributed by atoms with van der Waals surface area (Å²) in [6, 6.07) is 3.58. The van der Waals surface area contributed by atoms with Crippen LogP contribution in [0.4, 0.5) is 0 Å². The first kappa shape index (κ1) is 15.0. The molecule has 4 nitrogen and oxygen atoms in total. The smallest absolute Gasteiger partial charge is 0.261 e. The van der Waals surface area contributed by atoms with Gasteiger partial charge in [0.25, 0.3) is 5.91 Å². The summed E-state index contributed by atoms with van der Waals surface area (Å²) in [6.45, 7) is 1.29. The summed E-state index contributed by atoms with van der Waals surface area (Å²) in [7, 11) is 1.70. The SMILES string of the molecule is COCCC1(CNC(=O)c2ccc(C#CCO)s2)CC1. The van der Waals surface area contributed by atoms with E-state index in [0.717, 1.165) is 30.7 Å². The summed E-state index contributed by atoms with van der Waals surface area (Å²) in [5.41, 5.74) is 0.252. The minimum absolute atomic E-state index is 0.0456. The number of carbonyl (C=O) groups excluding carboxylic acids is 1. The average Bonchev–Trinajstić information content (AvgIpc) is 3.08. The Morgan fingerprint density at radius 2 is 2.35 bits per heavy atom. The molecule has 0 unspecified atom stereocenters. The normalized spacial score (nSPS) is 15.3. The van der Waals surface area contributed by atoms with Crippen LogP contribution in [0.2, 0.25) is 0 Å². The molecule has 2 N–H and O–H groups in total. The Morgan fingerprint density at radius 1 is 1.55 bits per heavy atom. The fraction of sp³-hybridized carbons (Fsp3) is 0.533. The van der Waals surface area contributed by atoms with E-state index in [2.05, 4.69) is 17.2 Å². The van der Waals surface area contributed by atoms with Gasteiger partial charge in [0.1, 0.15) is 6.61 Å². The van der Waals surface area contributed by atoms with Crippen molar-refractivity contribution in [2.24, 2.45) is 5.41 Å². The zero-order chi connectivity index (χ0) is 14.4. The molecule has 1 saturated carbocycles. The van der Waals surface area contributed by atoms with E-state index in [1.54, 1.807) is 19.2 Å². The zero-order valence-electron chi connectivity index (χ0n) is 11.6. The van der Waals surface area contributed by atoms with E-state index in [1.165, 1.54) is 11.3 Å². The lowest BCUT2D eigenvalue weighted by Gasteiger charge is -2.14. The van der Waals surface area contributed by atoms with Crippen LogP contribution >= 0.6 is 11.3 Å². The van der Waals surface area contributed by atoms with Gasteiger partial charge in [-0.05, 0) is 36.8 Å². The number of hydrogen-bond donors (Lipinski definition) is 2. The van der Waals surface area contributed by atoms with Crippen LogP contribution in [0.15, 0.2) is 12.1 Å². The molecule has 1 heterocycles. The van der Waals surface area contributed by atoms with Crippen LogP contribution in [0.5, 0.6) is 0 Å². The molecule has 1 aliphatic rings. The van der Waals surface area contributed by atoms with Crippen molar-refractivity contribution in [3.63, 3.8) is 0 Å². The first-order valence-corrected chi connectivity index (χ1v) is 7.47. The van der Waals surface area contributed by atoms with Gasteiger partial charge in [0.15, 0.2) is 0 Å². The second kappa shape index (κ2) is 6.89. The van der Waals surface area contributed by atoms with Gasteiger partial charge in [0, 0.05) is 20.3 Å². The zero-order valence-corrected chi connectivity index (χ0v) is 12.4. The van der Waals surface area contributed by atoms with Gasteiger partial charge in [-0.1, -0.05) is 11.8 Å². The van der Waals surface area contributed by atoms with Crippen LogP contribution in [0.1, 0.15) is 33.8 Å². The van der Waals surface area contributed by atoms with Crippen LogP contribution < -0.4 is 5.32 Å². The fourth-order valence-electron chi connectivity index (χ4n) is 2.02. The van der Waals surface area contributed by atoms with Crippen molar-refractivity contribution in [2.45, 2.75) is 19.3 Å². The number of nitrogens with one attached hydrogen (secondary N) is 1. The Bertz CT molecular complexity index is 523. The van der Waals surface area contributed by atoms with Gasteiger partial charge >= 0.3 is 0 Å². The number of carbonyl (C=O) groups is 1. The second-order valence-corrected chi connectivity index (χ2v) is 6.13. The summed E-state index contributed by atoms with van der Waals surface area (Å²) in [5, 5.41) is 11.6. The van der Waals surface area contributed by atoms with E-state index >= 15 is 0 Å². The van der Waals surface area contributed by atoms with Gasteiger partial charge < -0.3 is 15.2 Å². The Hall–Kier alpha value is -1.35. The summed E-state index contributed by atoms with van der Waals surface area (Å²) in [6.07, 6.45) is 3.32. The molecule has 5 heteroatoms. The van der Waals surface area contributed by atoms with Gasteiger partial charge in [-0.25, -0.2) is 0 Å². The van der Waals surface area contributed by atoms with Crippen molar-refractivity contribution in [3.05, 3.63) is 21.9 Å². The molecule has 2 rings (SSSR count). The Balaban J connectivity index is 1.84. The maximum Gasteiger partial charge on any atom is 0.261 e. The summed E-state index contributed by atoms with van der Waals surface area (Å²) in [5.74, 6) is 5.34. The number of rotatable bonds is 6. The molecule has 0 aliphatic heterocycles. The number of aliphatic hydroxyl groups excluding tert-OH is 1. The molecule has 1 fully saturated rings. The molecule has 1 aromatic rings. The molecule has 0 radical (unpaired) electrons. The maximum atomic E-state index is 12.1. The molecule has 1 aliphatic carbocycles. The van der Waals surface area contributed by atoms with Gasteiger partial charge in [-0.2, -0.15) is 0 Å². The maximum absolute atomic E-state index is 12.1. The topological polar surface area (TPSA) is 58.6 Å². The largest absolute Gasteiger partial charge is 0.385 e. The number of aliphatic hydroxyl groups is 1. The summed E-state index contributed by atoms with van der Waals surface area (Å²) < 4.78 is 5.10. The van der Waals surface area contributed by atoms with Gasteiger partial charge in [-0.15, -0.1) is 11.3 Å². The fourth-order valence-corrected chi connectivity index (χ4v) is 2.82. The number of methoxy groups -OCH3 is 1. The number of thiophene rings is 1. The first-order valence-electron chi connectivity index (χ1n) is 6.66. The van der Waals surface area contributed by atoms with E-state index < -0.39 is 0 Å². The highest BCUT2D eigenvalue weighted by atomic mass is 32.1. The Morgan fingerprint density at radius 3 is 3.00 bits per heavy atom. The third-order valence-electron chi connectivity index (χ3n) is 3.54. The van der Waals surface area contributed by atoms with Crippen molar-refractivity contribution in [1.29, 1.82) is 0 Å². The van der Waals surface area contributed by atoms with Crippen molar-refractivity contribution in [1.82, 2.24) is 5.32 Å². The molecule has 20 heavy (non-hydrogen) atoms. The molecule has 0 spiro atoms. The molecule has 1 amide bonds. The summed E-state index contributed by atoms with van der Waals surface area (Å²) >= 11 is 1.35. The van der Waals surface area contributed by atoms with E-state index in [0.29, 0.717) is 11.4 Å². The van der Waals surface area contributed by atoms with Gasteiger partial charge in [0.05, 0.1) is 9.75 Å². The summed E-state index contributed by atoms with van der Waals surface area (Å²) in [4.78, 5) is 13.5. The first-order chi connectivity index (χ1) is 9.69. The monoisotopic (exact) mass is 293 g/mol. The molecular formula is C15H19NO3S. The predicted octanol–water partition coefficient (Wildman–Crippen LogP) is 1.64. The number of amides is 1. The quantitative estimate of drug-likeness (QED) is 0.784. The van der Waals surface area contributed by atoms with Gasteiger partial charge in [-0.3, -0.25) is 4.79 Å². The van der Waals surface area contributed by atoms with E-state index in [1.807, 2.05) is 0 Å². The molecular weight excluding hydrogens is 274 g/mol. The van der Waals surface area contributed by atoms with Crippen molar-refractivity contribution in [3.8, 4) is 11.8 Å². The Labute approximate surface area is 123 Å². The molecule has 0 bridgehead atoms. The highest BCUT2D eigenvalue weighted by Crippen LogP contribution is 2.48. The third-order valence-corrected chi connectivity index (χ3v) is 4.54. The van der Waals surface area contributed by atoms with E-state index in [9.17, 15) is 4.79 Å². The lowest BCUT2D eigenvalue weighted by molar-refractivity contribution is 0.0942. The van der Waals surface area contributed by atoms with Crippen LogP contribution in [0.3, 0.4) is 0 Å². The number of hydrogen-bond acceptors (Lipinski definition) is 4. The minimum Gasteiger partial charge on any atom is -0.385 e. The molecule has 0 atom stereocenters. The van der Waals surface area contributed by atoms with Crippen LogP contribution in [-0.2, 0) is 4.74 Å². The predicted molar refractivity (Wildman–Crippen MR) is 78.8 cm³/mol. The van der Waals surface area contributed by atoms with Crippen molar-refractivity contribution < 1.29 is 14.6 Å². The minimum atomic E-state index is -0.165. The highest BCUT2D eigenvalue weighted by molar-refractivity contribution is 7.14. The van der Waals surface area contributed by atoms with Crippen LogP contribution in [0, 0.1) is 17.3 Å². The van der Waals surface area contributed by atoms with E-state index in [-0.39, 0.29) is 17.9 Å². The van der Waals surface area contributed by atoms with Crippen molar-refractivity contribution >= 4 is 17.2 Å². The highest BCUT2D eigenvalue weighted by Gasteiger charge is 2.42. The Kier molecular flexibility index (Phi) is 5.18. The van der Waals surface area contributed by atoms with Gasteiger partial charge in [0.2, 0.25) is 0 Å². The van der Waals surface area contributed by atoms with Crippen LogP contribution in [-0.4, -0.2) is 37.9 Å². The molecule has 1 aromatic heterocycles. The second-order valence-electron chi connectivity index (χ2n) is 5.05. The van der Waals surface area contributed by atoms with Crippen molar-refractivity contribution in [2.75, 3.05) is 26.9 Å². The van der Waals surface area contributed by atoms with E-state index in [4.69, 9.17) is 9.84 Å².